The Hall–Kier alpha value is -2.96. The van der Waals surface area contributed by atoms with Gasteiger partial charge in [-0.05, 0) is 26.7 Å². The molecule has 0 aromatic carbocycles. The van der Waals surface area contributed by atoms with Crippen LogP contribution in [-0.4, -0.2) is 54.0 Å². The summed E-state index contributed by atoms with van der Waals surface area (Å²) in [6.07, 6.45) is 13.0. The third-order valence-corrected chi connectivity index (χ3v) is 4.38. The van der Waals surface area contributed by atoms with E-state index in [2.05, 4.69) is 26.6 Å². The minimum absolute atomic E-state index is 0.0999. The second-order valence-corrected chi connectivity index (χ2v) is 7.33. The van der Waals surface area contributed by atoms with Crippen molar-refractivity contribution in [2.24, 2.45) is 0 Å². The van der Waals surface area contributed by atoms with Gasteiger partial charge in [-0.15, -0.1) is 0 Å². The summed E-state index contributed by atoms with van der Waals surface area (Å²) in [6, 6.07) is 0. The molecule has 1 aromatic rings. The van der Waals surface area contributed by atoms with Crippen molar-refractivity contribution in [3.8, 4) is 0 Å². The zero-order valence-corrected chi connectivity index (χ0v) is 18.6. The molecule has 164 valence electrons. The van der Waals surface area contributed by atoms with E-state index in [9.17, 15) is 9.59 Å². The van der Waals surface area contributed by atoms with Crippen LogP contribution < -0.4 is 5.32 Å². The molecule has 0 spiro atoms. The third kappa shape index (κ3) is 10.5. The van der Waals surface area contributed by atoms with E-state index in [0.29, 0.717) is 31.0 Å². The van der Waals surface area contributed by atoms with Gasteiger partial charge in [-0.3, -0.25) is 9.59 Å². The largest absolute Gasteiger partial charge is 0.469 e. The zero-order chi connectivity index (χ0) is 22.4. The number of nitrogens with one attached hydrogen (secondary N) is 1. The molecule has 0 bridgehead atoms. The normalized spacial score (nSPS) is 11.4. The number of hydrogen-bond donors (Lipinski definition) is 1. The standard InChI is InChI=1S/C23H34N4O3/c1-18(2)11-10-12-19(3)15-24-23-25-16-20(17-26-23)22(29)27(4)14-9-7-6-8-13-21(28)30-5/h10-12,16-17H,1,6-9,13-15H2,2-5H3,(H,24,25,26)/b11-10-,19-12-. The predicted octanol–water partition coefficient (Wildman–Crippen LogP) is 4.16. The number of carbonyl (C=O) groups is 2. The minimum Gasteiger partial charge on any atom is -0.469 e. The third-order valence-electron chi connectivity index (χ3n) is 4.38. The molecule has 0 fully saturated rings. The quantitative estimate of drug-likeness (QED) is 0.296. The van der Waals surface area contributed by atoms with Gasteiger partial charge in [-0.1, -0.05) is 48.8 Å². The molecule has 1 aromatic heterocycles. The molecule has 1 amide bonds. The molecule has 0 unspecified atom stereocenters. The van der Waals surface area contributed by atoms with Crippen LogP contribution in [0.25, 0.3) is 0 Å². The first-order chi connectivity index (χ1) is 14.3. The van der Waals surface area contributed by atoms with Crippen molar-refractivity contribution in [3.63, 3.8) is 0 Å². The van der Waals surface area contributed by atoms with E-state index in [0.717, 1.165) is 36.8 Å². The maximum Gasteiger partial charge on any atom is 0.305 e. The number of hydrogen-bond acceptors (Lipinski definition) is 6. The zero-order valence-electron chi connectivity index (χ0n) is 18.6. The van der Waals surface area contributed by atoms with E-state index < -0.39 is 0 Å². The molecule has 0 atom stereocenters. The summed E-state index contributed by atoms with van der Waals surface area (Å²) in [4.78, 5) is 33.7. The molecule has 0 aliphatic rings. The number of rotatable bonds is 13. The molecule has 1 N–H and O–H groups in total. The second-order valence-electron chi connectivity index (χ2n) is 7.33. The Bertz CT molecular complexity index is 754. The van der Waals surface area contributed by atoms with E-state index in [-0.39, 0.29) is 11.9 Å². The number of nitrogens with zero attached hydrogens (tertiary/aromatic N) is 3. The maximum atomic E-state index is 12.5. The molecule has 1 rings (SSSR count). The molecule has 7 nitrogen and oxygen atoms in total. The van der Waals surface area contributed by atoms with Crippen molar-refractivity contribution in [1.29, 1.82) is 0 Å². The van der Waals surface area contributed by atoms with E-state index in [1.54, 1.807) is 24.3 Å². The fourth-order valence-electron chi connectivity index (χ4n) is 2.58. The fourth-order valence-corrected chi connectivity index (χ4v) is 2.58. The number of ether oxygens (including phenoxy) is 1. The van der Waals surface area contributed by atoms with Crippen molar-refractivity contribution in [1.82, 2.24) is 14.9 Å². The van der Waals surface area contributed by atoms with Gasteiger partial charge in [0.05, 0.1) is 12.7 Å². The summed E-state index contributed by atoms with van der Waals surface area (Å²) < 4.78 is 4.62. The smallest absolute Gasteiger partial charge is 0.305 e. The number of methoxy groups -OCH3 is 1. The Kier molecular flexibility index (Phi) is 11.8. The van der Waals surface area contributed by atoms with E-state index in [1.165, 1.54) is 7.11 Å². The summed E-state index contributed by atoms with van der Waals surface area (Å²) in [5, 5.41) is 3.14. The molecule has 0 saturated heterocycles. The predicted molar refractivity (Wildman–Crippen MR) is 120 cm³/mol. The lowest BCUT2D eigenvalue weighted by molar-refractivity contribution is -0.140. The topological polar surface area (TPSA) is 84.4 Å². The van der Waals surface area contributed by atoms with Gasteiger partial charge < -0.3 is 15.0 Å². The van der Waals surface area contributed by atoms with Gasteiger partial charge in [0.2, 0.25) is 5.95 Å². The summed E-state index contributed by atoms with van der Waals surface area (Å²) in [6.45, 7) is 9.04. The summed E-state index contributed by atoms with van der Waals surface area (Å²) >= 11 is 0. The highest BCUT2D eigenvalue weighted by Gasteiger charge is 2.12. The van der Waals surface area contributed by atoms with Crippen LogP contribution in [-0.2, 0) is 9.53 Å². The van der Waals surface area contributed by atoms with Crippen LogP contribution in [0.4, 0.5) is 5.95 Å². The van der Waals surface area contributed by atoms with Crippen molar-refractivity contribution in [2.45, 2.75) is 46.0 Å². The molecule has 0 saturated carbocycles. The van der Waals surface area contributed by atoms with Gasteiger partial charge in [0, 0.05) is 39.0 Å². The van der Waals surface area contributed by atoms with E-state index in [1.807, 2.05) is 32.1 Å². The van der Waals surface area contributed by atoms with Crippen molar-refractivity contribution >= 4 is 17.8 Å². The van der Waals surface area contributed by atoms with Gasteiger partial charge in [0.1, 0.15) is 0 Å². The van der Waals surface area contributed by atoms with Gasteiger partial charge in [-0.25, -0.2) is 9.97 Å². The molecular weight excluding hydrogens is 380 g/mol. The Balaban J connectivity index is 2.38. The van der Waals surface area contributed by atoms with Crippen molar-refractivity contribution in [2.75, 3.05) is 32.6 Å². The average molecular weight is 415 g/mol. The van der Waals surface area contributed by atoms with E-state index in [4.69, 9.17) is 0 Å². The van der Waals surface area contributed by atoms with Crippen molar-refractivity contribution < 1.29 is 14.3 Å². The molecule has 1 heterocycles. The summed E-state index contributed by atoms with van der Waals surface area (Å²) in [7, 11) is 3.17. The lowest BCUT2D eigenvalue weighted by Gasteiger charge is -2.17. The number of carbonyl (C=O) groups excluding carboxylic acids is 2. The number of anilines is 1. The van der Waals surface area contributed by atoms with Gasteiger partial charge >= 0.3 is 5.97 Å². The second kappa shape index (κ2) is 14.1. The lowest BCUT2D eigenvalue weighted by atomic mass is 10.1. The Morgan fingerprint density at radius 3 is 2.47 bits per heavy atom. The monoisotopic (exact) mass is 414 g/mol. The first-order valence-corrected chi connectivity index (χ1v) is 10.2. The molecular formula is C23H34N4O3. The minimum atomic E-state index is -0.175. The molecule has 30 heavy (non-hydrogen) atoms. The molecule has 0 aliphatic heterocycles. The molecule has 0 aliphatic carbocycles. The van der Waals surface area contributed by atoms with Gasteiger partial charge in [-0.2, -0.15) is 0 Å². The molecule has 0 radical (unpaired) electrons. The number of aromatic nitrogens is 2. The molecule has 7 heteroatoms. The Morgan fingerprint density at radius 2 is 1.83 bits per heavy atom. The Morgan fingerprint density at radius 1 is 1.17 bits per heavy atom. The highest BCUT2D eigenvalue weighted by atomic mass is 16.5. The van der Waals surface area contributed by atoms with Crippen LogP contribution in [0.3, 0.4) is 0 Å². The number of amides is 1. The van der Waals surface area contributed by atoms with Gasteiger partial charge in [0.25, 0.3) is 5.91 Å². The fraction of sp³-hybridized carbons (Fsp3) is 0.478. The van der Waals surface area contributed by atoms with Crippen LogP contribution in [0.15, 0.2) is 48.3 Å². The van der Waals surface area contributed by atoms with Crippen molar-refractivity contribution in [3.05, 3.63) is 53.9 Å². The summed E-state index contributed by atoms with van der Waals surface area (Å²) in [5.74, 6) is 0.208. The van der Waals surface area contributed by atoms with Crippen LogP contribution in [0.2, 0.25) is 0 Å². The number of allylic oxidation sites excluding steroid dienone is 4. The summed E-state index contributed by atoms with van der Waals surface area (Å²) in [5.41, 5.74) is 2.59. The maximum absolute atomic E-state index is 12.5. The van der Waals surface area contributed by atoms with Crippen LogP contribution >= 0.6 is 0 Å². The van der Waals surface area contributed by atoms with Gasteiger partial charge in [0.15, 0.2) is 0 Å². The number of esters is 1. The lowest BCUT2D eigenvalue weighted by Crippen LogP contribution is -2.28. The SMILES string of the molecule is C=C(C)/C=C\C=C(\C)CNc1ncc(C(=O)N(C)CCCCCCC(=O)OC)cn1. The first-order valence-electron chi connectivity index (χ1n) is 10.2. The average Bonchev–Trinajstić information content (AvgIpc) is 2.73. The highest BCUT2D eigenvalue weighted by Crippen LogP contribution is 2.08. The van der Waals surface area contributed by atoms with Crippen LogP contribution in [0.1, 0.15) is 56.3 Å². The van der Waals surface area contributed by atoms with E-state index >= 15 is 0 Å². The highest BCUT2D eigenvalue weighted by molar-refractivity contribution is 5.93. The number of unbranched alkanes of at least 4 members (excludes halogenated alkanes) is 3. The Labute approximate surface area is 179 Å². The first kappa shape index (κ1) is 25.1. The van der Waals surface area contributed by atoms with Crippen LogP contribution in [0, 0.1) is 0 Å². The van der Waals surface area contributed by atoms with Crippen LogP contribution in [0.5, 0.6) is 0 Å².